The molecule has 2 heterocycles. The molecule has 0 atom stereocenters. The van der Waals surface area contributed by atoms with Gasteiger partial charge in [0, 0.05) is 16.5 Å². The largest absolute Gasteiger partial charge is 0.489 e. The molecule has 0 spiro atoms. The van der Waals surface area contributed by atoms with Gasteiger partial charge in [0.1, 0.15) is 18.4 Å². The van der Waals surface area contributed by atoms with Gasteiger partial charge in [0.05, 0.1) is 23.5 Å². The highest BCUT2D eigenvalue weighted by molar-refractivity contribution is 8.00. The molecule has 1 aliphatic heterocycles. The topological polar surface area (TPSA) is 61.2 Å². The van der Waals surface area contributed by atoms with E-state index in [1.807, 2.05) is 42.6 Å². The average Bonchev–Trinajstić information content (AvgIpc) is 3.19. The summed E-state index contributed by atoms with van der Waals surface area (Å²) in [5, 5.41) is 12.3. The molecule has 26 heavy (non-hydrogen) atoms. The Bertz CT molecular complexity index is 966. The number of thiazole rings is 1. The van der Waals surface area contributed by atoms with Crippen molar-refractivity contribution in [2.45, 2.75) is 11.8 Å². The lowest BCUT2D eigenvalue weighted by Gasteiger charge is -2.32. The summed E-state index contributed by atoms with van der Waals surface area (Å²) < 4.78 is 9.11. The second-order valence-corrected chi connectivity index (χ2v) is 7.58. The van der Waals surface area contributed by atoms with Gasteiger partial charge < -0.3 is 14.4 Å². The van der Waals surface area contributed by atoms with Crippen LogP contribution in [0.25, 0.3) is 0 Å². The van der Waals surface area contributed by atoms with Gasteiger partial charge in [-0.05, 0) is 54.8 Å². The first-order valence-corrected chi connectivity index (χ1v) is 9.82. The number of hydrogen-bond acceptors (Lipinski definition) is 7. The third kappa shape index (κ3) is 3.34. The number of hydrogen-bond donors (Lipinski definition) is 1. The first kappa shape index (κ1) is 16.8. The molecule has 0 saturated heterocycles. The molecule has 130 valence electrons. The first-order valence-electron chi connectivity index (χ1n) is 8.12. The Morgan fingerprint density at radius 1 is 1.27 bits per heavy atom. The second kappa shape index (κ2) is 7.28. The van der Waals surface area contributed by atoms with Crippen molar-refractivity contribution in [3.05, 3.63) is 59.1 Å². The van der Waals surface area contributed by atoms with Crippen LogP contribution in [0.15, 0.2) is 52.9 Å². The van der Waals surface area contributed by atoms with Crippen molar-refractivity contribution >= 4 is 39.8 Å². The number of aryl methyl sites for hydroxylation is 1. The molecule has 4 rings (SSSR count). The zero-order valence-corrected chi connectivity index (χ0v) is 15.7. The molecule has 0 aliphatic carbocycles. The lowest BCUT2D eigenvalue weighted by Crippen LogP contribution is -2.29. The number of nitrogens with one attached hydrogen (secondary N) is 1. The second-order valence-electron chi connectivity index (χ2n) is 5.80. The Hall–Kier alpha value is -2.69. The maximum atomic E-state index is 9.47. The highest BCUT2D eigenvalue weighted by Gasteiger charge is 2.22. The molecule has 5 nitrogen and oxygen atoms in total. The summed E-state index contributed by atoms with van der Waals surface area (Å²) in [5.74, 6) is 0.826. The number of ether oxygens (including phenoxy) is 1. The van der Waals surface area contributed by atoms with E-state index in [4.69, 9.17) is 4.74 Å². The number of rotatable bonds is 4. The van der Waals surface area contributed by atoms with Crippen LogP contribution < -0.4 is 14.4 Å². The minimum atomic E-state index is 0.583. The zero-order valence-electron chi connectivity index (χ0n) is 14.1. The SMILES string of the molecule is Cc1ccc(C#N)c(N2CCOc3cc(SNc4nccs4)ccc32)c1. The Morgan fingerprint density at radius 2 is 2.19 bits per heavy atom. The van der Waals surface area contributed by atoms with E-state index in [2.05, 4.69) is 26.7 Å². The van der Waals surface area contributed by atoms with Crippen molar-refractivity contribution in [2.75, 3.05) is 22.8 Å². The number of aromatic nitrogens is 1. The Labute approximate surface area is 160 Å². The summed E-state index contributed by atoms with van der Waals surface area (Å²) in [4.78, 5) is 7.42. The standard InChI is InChI=1S/C19H16N4OS2/c1-13-2-3-14(12-20)17(10-13)23-7-8-24-18-11-15(4-5-16(18)23)26-22-19-21-6-9-25-19/h2-6,9-11H,7-8H2,1H3,(H,21,22). The van der Waals surface area contributed by atoms with Gasteiger partial charge in [-0.3, -0.25) is 0 Å². The minimum absolute atomic E-state index is 0.583. The van der Waals surface area contributed by atoms with Gasteiger partial charge in [0.2, 0.25) is 0 Å². The van der Waals surface area contributed by atoms with Crippen LogP contribution in [0.5, 0.6) is 5.75 Å². The van der Waals surface area contributed by atoms with Gasteiger partial charge in [-0.25, -0.2) is 4.98 Å². The third-order valence-electron chi connectivity index (χ3n) is 4.05. The van der Waals surface area contributed by atoms with Crippen LogP contribution in [0.4, 0.5) is 16.5 Å². The van der Waals surface area contributed by atoms with E-state index in [1.54, 1.807) is 17.5 Å². The van der Waals surface area contributed by atoms with Crippen LogP contribution >= 0.6 is 23.3 Å². The van der Waals surface area contributed by atoms with E-state index >= 15 is 0 Å². The molecular formula is C19H16N4OS2. The highest BCUT2D eigenvalue weighted by Crippen LogP contribution is 2.40. The van der Waals surface area contributed by atoms with E-state index in [0.717, 1.165) is 39.3 Å². The van der Waals surface area contributed by atoms with Crippen LogP contribution in [-0.2, 0) is 0 Å². The summed E-state index contributed by atoms with van der Waals surface area (Å²) in [6.45, 7) is 3.34. The van der Waals surface area contributed by atoms with Crippen molar-refractivity contribution in [3.63, 3.8) is 0 Å². The van der Waals surface area contributed by atoms with Crippen LogP contribution in [0.3, 0.4) is 0 Å². The van der Waals surface area contributed by atoms with Gasteiger partial charge in [0.25, 0.3) is 0 Å². The predicted octanol–water partition coefficient (Wildman–Crippen LogP) is 4.97. The number of nitrogens with zero attached hydrogens (tertiary/aromatic N) is 3. The zero-order chi connectivity index (χ0) is 17.9. The van der Waals surface area contributed by atoms with Gasteiger partial charge in [-0.15, -0.1) is 11.3 Å². The first-order chi connectivity index (χ1) is 12.7. The Kier molecular flexibility index (Phi) is 4.69. The fourth-order valence-corrected chi connectivity index (χ4v) is 4.10. The normalized spacial score (nSPS) is 12.8. The van der Waals surface area contributed by atoms with Crippen molar-refractivity contribution in [2.24, 2.45) is 0 Å². The molecule has 0 saturated carbocycles. The summed E-state index contributed by atoms with van der Waals surface area (Å²) in [6, 6.07) is 14.3. The molecule has 1 aromatic heterocycles. The van der Waals surface area contributed by atoms with E-state index in [-0.39, 0.29) is 0 Å². The van der Waals surface area contributed by atoms with Crippen molar-refractivity contribution in [1.29, 1.82) is 5.26 Å². The average molecular weight is 380 g/mol. The Morgan fingerprint density at radius 3 is 3.00 bits per heavy atom. The molecule has 7 heteroatoms. The molecule has 1 aliphatic rings. The summed E-state index contributed by atoms with van der Waals surface area (Å²) in [7, 11) is 0. The molecule has 0 unspecified atom stereocenters. The predicted molar refractivity (Wildman–Crippen MR) is 106 cm³/mol. The molecule has 0 radical (unpaired) electrons. The van der Waals surface area contributed by atoms with Crippen molar-refractivity contribution < 1.29 is 4.74 Å². The monoisotopic (exact) mass is 380 g/mol. The van der Waals surface area contributed by atoms with E-state index < -0.39 is 0 Å². The molecule has 0 bridgehead atoms. The van der Waals surface area contributed by atoms with Gasteiger partial charge in [-0.1, -0.05) is 6.07 Å². The molecule has 3 aromatic rings. The number of benzene rings is 2. The number of fused-ring (bicyclic) bond motifs is 1. The van der Waals surface area contributed by atoms with Gasteiger partial charge in [-0.2, -0.15) is 5.26 Å². The fraction of sp³-hybridized carbons (Fsp3) is 0.158. The molecule has 1 N–H and O–H groups in total. The molecular weight excluding hydrogens is 364 g/mol. The smallest absolute Gasteiger partial charge is 0.192 e. The van der Waals surface area contributed by atoms with Crippen LogP contribution in [0.2, 0.25) is 0 Å². The van der Waals surface area contributed by atoms with E-state index in [0.29, 0.717) is 12.2 Å². The summed E-state index contributed by atoms with van der Waals surface area (Å²) >= 11 is 3.07. The Balaban J connectivity index is 1.63. The molecule has 0 amide bonds. The summed E-state index contributed by atoms with van der Waals surface area (Å²) in [6.07, 6.45) is 1.77. The lowest BCUT2D eigenvalue weighted by molar-refractivity contribution is 0.313. The van der Waals surface area contributed by atoms with E-state index in [9.17, 15) is 5.26 Å². The fourth-order valence-electron chi connectivity index (χ4n) is 2.85. The molecule has 0 fully saturated rings. The minimum Gasteiger partial charge on any atom is -0.489 e. The maximum Gasteiger partial charge on any atom is 0.192 e. The van der Waals surface area contributed by atoms with Crippen LogP contribution in [0.1, 0.15) is 11.1 Å². The van der Waals surface area contributed by atoms with Crippen molar-refractivity contribution in [1.82, 2.24) is 4.98 Å². The number of anilines is 3. The highest BCUT2D eigenvalue weighted by atomic mass is 32.2. The molecule has 2 aromatic carbocycles. The van der Waals surface area contributed by atoms with Crippen molar-refractivity contribution in [3.8, 4) is 11.8 Å². The number of nitriles is 1. The van der Waals surface area contributed by atoms with Gasteiger partial charge in [0.15, 0.2) is 5.13 Å². The quantitative estimate of drug-likeness (QED) is 0.645. The summed E-state index contributed by atoms with van der Waals surface area (Å²) in [5.41, 5.74) is 3.72. The van der Waals surface area contributed by atoms with Crippen LogP contribution in [-0.4, -0.2) is 18.1 Å². The third-order valence-corrected chi connectivity index (χ3v) is 5.65. The van der Waals surface area contributed by atoms with Gasteiger partial charge >= 0.3 is 0 Å². The van der Waals surface area contributed by atoms with E-state index in [1.165, 1.54) is 11.9 Å². The lowest BCUT2D eigenvalue weighted by atomic mass is 10.1. The maximum absolute atomic E-state index is 9.47. The van der Waals surface area contributed by atoms with Crippen LogP contribution in [0, 0.1) is 18.3 Å².